The molecule has 0 saturated carbocycles. The third-order valence-corrected chi connectivity index (χ3v) is 3.08. The highest BCUT2D eigenvalue weighted by molar-refractivity contribution is 5.92. The Balaban J connectivity index is 2.05. The van der Waals surface area contributed by atoms with Gasteiger partial charge in [-0.1, -0.05) is 12.8 Å². The normalized spacial score (nSPS) is 17.2. The van der Waals surface area contributed by atoms with Crippen LogP contribution in [0, 0.1) is 0 Å². The Kier molecular flexibility index (Phi) is 3.59. The third kappa shape index (κ3) is 2.43. The second kappa shape index (κ2) is 5.14. The molecule has 16 heavy (non-hydrogen) atoms. The molecule has 0 aliphatic carbocycles. The van der Waals surface area contributed by atoms with Crippen LogP contribution in [0.3, 0.4) is 0 Å². The minimum absolute atomic E-state index is 0.0918. The first kappa shape index (κ1) is 11.2. The first-order valence-electron chi connectivity index (χ1n) is 6.14. The molecule has 0 unspecified atom stereocenters. The number of amides is 1. The maximum absolute atomic E-state index is 12.1. The SMILES string of the molecule is CCn1ccc(C(=O)N2CCCCCC2)n1. The monoisotopic (exact) mass is 221 g/mol. The van der Waals surface area contributed by atoms with E-state index in [9.17, 15) is 4.79 Å². The van der Waals surface area contributed by atoms with Gasteiger partial charge < -0.3 is 4.90 Å². The molecule has 0 radical (unpaired) electrons. The fourth-order valence-electron chi connectivity index (χ4n) is 2.09. The molecule has 2 heterocycles. The van der Waals surface area contributed by atoms with Crippen molar-refractivity contribution in [3.05, 3.63) is 18.0 Å². The Morgan fingerprint density at radius 2 is 2.00 bits per heavy atom. The van der Waals surface area contributed by atoms with Gasteiger partial charge in [-0.3, -0.25) is 9.48 Å². The molecule has 0 bridgehead atoms. The Bertz CT molecular complexity index is 351. The Morgan fingerprint density at radius 3 is 2.56 bits per heavy atom. The van der Waals surface area contributed by atoms with E-state index in [0.717, 1.165) is 32.5 Å². The van der Waals surface area contributed by atoms with Gasteiger partial charge in [-0.15, -0.1) is 0 Å². The molecule has 0 N–H and O–H groups in total. The summed E-state index contributed by atoms with van der Waals surface area (Å²) in [7, 11) is 0. The Hall–Kier alpha value is -1.32. The van der Waals surface area contributed by atoms with Gasteiger partial charge >= 0.3 is 0 Å². The van der Waals surface area contributed by atoms with Crippen LogP contribution in [0.15, 0.2) is 12.3 Å². The second-order valence-electron chi connectivity index (χ2n) is 4.26. The van der Waals surface area contributed by atoms with Crippen LogP contribution < -0.4 is 0 Å². The van der Waals surface area contributed by atoms with Crippen LogP contribution in [0.1, 0.15) is 43.1 Å². The van der Waals surface area contributed by atoms with Crippen molar-refractivity contribution in [3.8, 4) is 0 Å². The van der Waals surface area contributed by atoms with E-state index in [1.54, 1.807) is 4.68 Å². The summed E-state index contributed by atoms with van der Waals surface area (Å²) in [6.07, 6.45) is 6.60. The lowest BCUT2D eigenvalue weighted by molar-refractivity contribution is 0.0755. The predicted molar refractivity (Wildman–Crippen MR) is 62.3 cm³/mol. The third-order valence-electron chi connectivity index (χ3n) is 3.08. The van der Waals surface area contributed by atoms with Crippen molar-refractivity contribution < 1.29 is 4.79 Å². The molecule has 1 aliphatic rings. The molecule has 1 aliphatic heterocycles. The summed E-state index contributed by atoms with van der Waals surface area (Å²) < 4.78 is 1.80. The van der Waals surface area contributed by atoms with E-state index in [1.165, 1.54) is 12.8 Å². The minimum atomic E-state index is 0.0918. The Labute approximate surface area is 96.2 Å². The largest absolute Gasteiger partial charge is 0.337 e. The summed E-state index contributed by atoms with van der Waals surface area (Å²) in [5.74, 6) is 0.0918. The molecule has 4 nitrogen and oxygen atoms in total. The standard InChI is InChI=1S/C12H19N3O/c1-2-15-10-7-11(13-15)12(16)14-8-5-3-4-6-9-14/h7,10H,2-6,8-9H2,1H3. The number of aromatic nitrogens is 2. The fourth-order valence-corrected chi connectivity index (χ4v) is 2.09. The van der Waals surface area contributed by atoms with E-state index in [1.807, 2.05) is 24.1 Å². The number of carbonyl (C=O) groups is 1. The summed E-state index contributed by atoms with van der Waals surface area (Å²) >= 11 is 0. The van der Waals surface area contributed by atoms with Crippen molar-refractivity contribution in [2.75, 3.05) is 13.1 Å². The zero-order chi connectivity index (χ0) is 11.4. The average Bonchev–Trinajstić information content (AvgIpc) is 2.62. The maximum Gasteiger partial charge on any atom is 0.274 e. The van der Waals surface area contributed by atoms with E-state index < -0.39 is 0 Å². The predicted octanol–water partition coefficient (Wildman–Crippen LogP) is 1.92. The number of aryl methyl sites for hydroxylation is 1. The van der Waals surface area contributed by atoms with Crippen LogP contribution in [-0.2, 0) is 6.54 Å². The van der Waals surface area contributed by atoms with Crippen molar-refractivity contribution >= 4 is 5.91 Å². The molecule has 4 heteroatoms. The molecule has 1 amide bonds. The van der Waals surface area contributed by atoms with Gasteiger partial charge in [0.1, 0.15) is 5.69 Å². The summed E-state index contributed by atoms with van der Waals surface area (Å²) in [5, 5.41) is 4.26. The summed E-state index contributed by atoms with van der Waals surface area (Å²) in [6, 6.07) is 1.82. The maximum atomic E-state index is 12.1. The molecule has 2 rings (SSSR count). The van der Waals surface area contributed by atoms with Crippen molar-refractivity contribution in [1.29, 1.82) is 0 Å². The first-order chi connectivity index (χ1) is 7.81. The van der Waals surface area contributed by atoms with Crippen molar-refractivity contribution in [2.45, 2.75) is 39.2 Å². The molecule has 1 aromatic rings. The number of likely N-dealkylation sites (tertiary alicyclic amines) is 1. The van der Waals surface area contributed by atoms with Gasteiger partial charge in [0.2, 0.25) is 0 Å². The number of nitrogens with zero attached hydrogens (tertiary/aromatic N) is 3. The Morgan fingerprint density at radius 1 is 1.31 bits per heavy atom. The van der Waals surface area contributed by atoms with Crippen LogP contribution in [0.5, 0.6) is 0 Å². The van der Waals surface area contributed by atoms with E-state index >= 15 is 0 Å². The summed E-state index contributed by atoms with van der Waals surface area (Å²) in [4.78, 5) is 14.1. The van der Waals surface area contributed by atoms with E-state index in [-0.39, 0.29) is 5.91 Å². The van der Waals surface area contributed by atoms with Crippen molar-refractivity contribution in [3.63, 3.8) is 0 Å². The molecule has 1 saturated heterocycles. The van der Waals surface area contributed by atoms with Gasteiger partial charge in [0, 0.05) is 25.8 Å². The van der Waals surface area contributed by atoms with Gasteiger partial charge in [0.15, 0.2) is 0 Å². The molecular weight excluding hydrogens is 202 g/mol. The highest BCUT2D eigenvalue weighted by atomic mass is 16.2. The van der Waals surface area contributed by atoms with E-state index in [0.29, 0.717) is 5.69 Å². The highest BCUT2D eigenvalue weighted by Crippen LogP contribution is 2.12. The zero-order valence-corrected chi connectivity index (χ0v) is 9.85. The van der Waals surface area contributed by atoms with Gasteiger partial charge in [0.05, 0.1) is 0 Å². The van der Waals surface area contributed by atoms with Crippen LogP contribution in [0.4, 0.5) is 0 Å². The lowest BCUT2D eigenvalue weighted by Crippen LogP contribution is -2.32. The minimum Gasteiger partial charge on any atom is -0.337 e. The van der Waals surface area contributed by atoms with Crippen LogP contribution >= 0.6 is 0 Å². The topological polar surface area (TPSA) is 38.1 Å². The van der Waals surface area contributed by atoms with Gasteiger partial charge in [0.25, 0.3) is 5.91 Å². The van der Waals surface area contributed by atoms with Crippen molar-refractivity contribution in [1.82, 2.24) is 14.7 Å². The number of rotatable bonds is 2. The lowest BCUT2D eigenvalue weighted by atomic mass is 10.2. The van der Waals surface area contributed by atoms with Crippen LogP contribution in [0.25, 0.3) is 0 Å². The van der Waals surface area contributed by atoms with Crippen molar-refractivity contribution in [2.24, 2.45) is 0 Å². The molecule has 0 spiro atoms. The van der Waals surface area contributed by atoms with Gasteiger partial charge in [-0.05, 0) is 25.8 Å². The highest BCUT2D eigenvalue weighted by Gasteiger charge is 2.18. The smallest absolute Gasteiger partial charge is 0.274 e. The lowest BCUT2D eigenvalue weighted by Gasteiger charge is -2.18. The average molecular weight is 221 g/mol. The molecule has 1 aromatic heterocycles. The first-order valence-corrected chi connectivity index (χ1v) is 6.14. The van der Waals surface area contributed by atoms with E-state index in [2.05, 4.69) is 5.10 Å². The van der Waals surface area contributed by atoms with Gasteiger partial charge in [-0.25, -0.2) is 0 Å². The number of hydrogen-bond donors (Lipinski definition) is 0. The summed E-state index contributed by atoms with van der Waals surface area (Å²) in [5.41, 5.74) is 0.587. The molecule has 0 atom stereocenters. The quantitative estimate of drug-likeness (QED) is 0.765. The molecule has 0 aromatic carbocycles. The second-order valence-corrected chi connectivity index (χ2v) is 4.26. The zero-order valence-electron chi connectivity index (χ0n) is 9.85. The number of carbonyl (C=O) groups excluding carboxylic acids is 1. The van der Waals surface area contributed by atoms with Gasteiger partial charge in [-0.2, -0.15) is 5.10 Å². The van der Waals surface area contributed by atoms with Crippen LogP contribution in [0.2, 0.25) is 0 Å². The van der Waals surface area contributed by atoms with Crippen LogP contribution in [-0.4, -0.2) is 33.7 Å². The molecule has 88 valence electrons. The number of hydrogen-bond acceptors (Lipinski definition) is 2. The summed E-state index contributed by atoms with van der Waals surface area (Å²) in [6.45, 7) is 4.61. The van der Waals surface area contributed by atoms with E-state index in [4.69, 9.17) is 0 Å². The molecule has 1 fully saturated rings. The fraction of sp³-hybridized carbons (Fsp3) is 0.667. The molecular formula is C12H19N3O.